The molecule has 1 aliphatic heterocycles. The second-order valence-electron chi connectivity index (χ2n) is 5.95. The van der Waals surface area contributed by atoms with Gasteiger partial charge < -0.3 is 15.1 Å². The molecule has 106 valence electrons. The molecule has 2 rings (SSSR count). The van der Waals surface area contributed by atoms with Crippen molar-refractivity contribution in [2.75, 3.05) is 45.7 Å². The number of benzene rings is 1. The third-order valence-electron chi connectivity index (χ3n) is 3.93. The first-order valence-electron chi connectivity index (χ1n) is 7.30. The first-order chi connectivity index (χ1) is 9.15. The number of nitrogens with one attached hydrogen (secondary N) is 1. The molecule has 3 nitrogen and oxygen atoms in total. The van der Waals surface area contributed by atoms with Gasteiger partial charge in [0.1, 0.15) is 0 Å². The van der Waals surface area contributed by atoms with E-state index < -0.39 is 0 Å². The van der Waals surface area contributed by atoms with Gasteiger partial charge in [-0.3, -0.25) is 0 Å². The second-order valence-corrected chi connectivity index (χ2v) is 5.95. The van der Waals surface area contributed by atoms with E-state index in [1.165, 1.54) is 43.7 Å². The Kier molecular flexibility index (Phi) is 5.23. The first-order valence-corrected chi connectivity index (χ1v) is 7.30. The summed E-state index contributed by atoms with van der Waals surface area (Å²) >= 11 is 0. The second kappa shape index (κ2) is 6.92. The summed E-state index contributed by atoms with van der Waals surface area (Å²) < 4.78 is 0. The Bertz CT molecular complexity index is 366. The fraction of sp³-hybridized carbons (Fsp3) is 0.625. The van der Waals surface area contributed by atoms with E-state index in [4.69, 9.17) is 0 Å². The van der Waals surface area contributed by atoms with Crippen LogP contribution in [0.4, 0.5) is 5.69 Å². The lowest BCUT2D eigenvalue weighted by Crippen LogP contribution is -2.34. The van der Waals surface area contributed by atoms with Crippen molar-refractivity contribution in [1.82, 2.24) is 10.2 Å². The molecule has 1 N–H and O–H groups in total. The van der Waals surface area contributed by atoms with Gasteiger partial charge in [-0.15, -0.1) is 0 Å². The molecule has 1 aliphatic rings. The van der Waals surface area contributed by atoms with Crippen LogP contribution >= 0.6 is 0 Å². The zero-order chi connectivity index (χ0) is 13.7. The Morgan fingerprint density at radius 1 is 1.05 bits per heavy atom. The summed E-state index contributed by atoms with van der Waals surface area (Å²) in [5.74, 6) is 0.868. The molecule has 0 aromatic heterocycles. The summed E-state index contributed by atoms with van der Waals surface area (Å²) in [6, 6.07) is 8.89. The van der Waals surface area contributed by atoms with E-state index in [0.717, 1.165) is 12.5 Å². The van der Waals surface area contributed by atoms with Crippen LogP contribution in [0, 0.1) is 5.92 Å². The number of nitrogens with zero attached hydrogens (tertiary/aromatic N) is 2. The van der Waals surface area contributed by atoms with Crippen molar-refractivity contribution in [3.63, 3.8) is 0 Å². The van der Waals surface area contributed by atoms with Gasteiger partial charge in [-0.1, -0.05) is 12.1 Å². The van der Waals surface area contributed by atoms with Crippen molar-refractivity contribution in [2.45, 2.75) is 19.4 Å². The number of anilines is 1. The number of hydrogen-bond acceptors (Lipinski definition) is 3. The van der Waals surface area contributed by atoms with Crippen LogP contribution in [-0.2, 0) is 6.54 Å². The maximum absolute atomic E-state index is 3.43. The molecule has 0 unspecified atom stereocenters. The molecule has 1 aromatic rings. The highest BCUT2D eigenvalue weighted by molar-refractivity contribution is 5.45. The Morgan fingerprint density at radius 3 is 2.26 bits per heavy atom. The lowest BCUT2D eigenvalue weighted by atomic mass is 9.97. The quantitative estimate of drug-likeness (QED) is 0.876. The maximum atomic E-state index is 3.43. The van der Waals surface area contributed by atoms with Gasteiger partial charge in [-0.25, -0.2) is 0 Å². The third kappa shape index (κ3) is 4.51. The lowest BCUT2D eigenvalue weighted by molar-refractivity contribution is 0.234. The van der Waals surface area contributed by atoms with Crippen LogP contribution in [0.3, 0.4) is 0 Å². The summed E-state index contributed by atoms with van der Waals surface area (Å²) in [6.45, 7) is 4.65. The van der Waals surface area contributed by atoms with Crippen molar-refractivity contribution in [2.24, 2.45) is 5.92 Å². The average molecular weight is 261 g/mol. The third-order valence-corrected chi connectivity index (χ3v) is 3.93. The largest absolute Gasteiger partial charge is 0.378 e. The zero-order valence-corrected chi connectivity index (χ0v) is 12.5. The maximum Gasteiger partial charge on any atom is 0.0361 e. The molecule has 0 saturated carbocycles. The first kappa shape index (κ1) is 14.4. The van der Waals surface area contributed by atoms with E-state index in [9.17, 15) is 0 Å². The molecule has 3 heteroatoms. The molecule has 1 fully saturated rings. The van der Waals surface area contributed by atoms with Crippen molar-refractivity contribution < 1.29 is 0 Å². The minimum absolute atomic E-state index is 0.868. The van der Waals surface area contributed by atoms with Crippen molar-refractivity contribution in [3.05, 3.63) is 29.8 Å². The summed E-state index contributed by atoms with van der Waals surface area (Å²) in [5, 5.41) is 3.43. The Labute approximate surface area is 117 Å². The minimum atomic E-state index is 0.868. The monoisotopic (exact) mass is 261 g/mol. The predicted octanol–water partition coefficient (Wildman–Crippen LogP) is 2.18. The highest BCUT2D eigenvalue weighted by Crippen LogP contribution is 2.16. The molecular weight excluding hydrogens is 234 g/mol. The highest BCUT2D eigenvalue weighted by atomic mass is 15.1. The molecule has 0 aliphatic carbocycles. The van der Waals surface area contributed by atoms with Crippen LogP contribution < -0.4 is 10.2 Å². The Morgan fingerprint density at radius 2 is 1.68 bits per heavy atom. The van der Waals surface area contributed by atoms with E-state index in [1.807, 2.05) is 0 Å². The lowest BCUT2D eigenvalue weighted by Gasteiger charge is -2.27. The van der Waals surface area contributed by atoms with Crippen LogP contribution in [0.1, 0.15) is 18.4 Å². The SMILES string of the molecule is CN(Cc1ccc(N(C)C)cc1)CC1CCNCC1. The fourth-order valence-corrected chi connectivity index (χ4v) is 2.78. The summed E-state index contributed by atoms with van der Waals surface area (Å²) in [6.07, 6.45) is 2.65. The zero-order valence-electron chi connectivity index (χ0n) is 12.5. The van der Waals surface area contributed by atoms with Gasteiger partial charge >= 0.3 is 0 Å². The molecule has 0 radical (unpaired) electrons. The molecule has 0 atom stereocenters. The molecule has 0 bridgehead atoms. The van der Waals surface area contributed by atoms with Crippen LogP contribution in [0.5, 0.6) is 0 Å². The van der Waals surface area contributed by atoms with E-state index in [1.54, 1.807) is 0 Å². The summed E-state index contributed by atoms with van der Waals surface area (Å²) in [4.78, 5) is 4.60. The molecule has 19 heavy (non-hydrogen) atoms. The molecular formula is C16H27N3. The van der Waals surface area contributed by atoms with Crippen LogP contribution in [-0.4, -0.2) is 45.7 Å². The van der Waals surface area contributed by atoms with Gasteiger partial charge in [0.05, 0.1) is 0 Å². The molecule has 1 saturated heterocycles. The van der Waals surface area contributed by atoms with E-state index in [0.29, 0.717) is 0 Å². The average Bonchev–Trinajstić information content (AvgIpc) is 2.40. The number of rotatable bonds is 5. The van der Waals surface area contributed by atoms with E-state index in [-0.39, 0.29) is 0 Å². The normalized spacial score (nSPS) is 16.8. The van der Waals surface area contributed by atoms with E-state index >= 15 is 0 Å². The number of hydrogen-bond donors (Lipinski definition) is 1. The number of piperidine rings is 1. The van der Waals surface area contributed by atoms with Gasteiger partial charge in [-0.05, 0) is 56.6 Å². The van der Waals surface area contributed by atoms with Crippen molar-refractivity contribution >= 4 is 5.69 Å². The molecule has 0 amide bonds. The standard InChI is InChI=1S/C16H27N3/c1-18(2)16-6-4-14(5-7-16)12-19(3)13-15-8-10-17-11-9-15/h4-7,15,17H,8-13H2,1-3H3. The van der Waals surface area contributed by atoms with Gasteiger partial charge in [0.15, 0.2) is 0 Å². The molecule has 0 spiro atoms. The smallest absolute Gasteiger partial charge is 0.0361 e. The van der Waals surface area contributed by atoms with Gasteiger partial charge in [-0.2, -0.15) is 0 Å². The summed E-state index contributed by atoms with van der Waals surface area (Å²) in [5.41, 5.74) is 2.67. The van der Waals surface area contributed by atoms with Crippen LogP contribution in [0.2, 0.25) is 0 Å². The van der Waals surface area contributed by atoms with E-state index in [2.05, 4.69) is 60.5 Å². The minimum Gasteiger partial charge on any atom is -0.378 e. The van der Waals surface area contributed by atoms with Crippen molar-refractivity contribution in [1.29, 1.82) is 0 Å². The Hall–Kier alpha value is -1.06. The van der Waals surface area contributed by atoms with Gasteiger partial charge in [0.2, 0.25) is 0 Å². The predicted molar refractivity (Wildman–Crippen MR) is 82.7 cm³/mol. The molecule has 1 aromatic carbocycles. The summed E-state index contributed by atoms with van der Waals surface area (Å²) in [7, 11) is 6.40. The van der Waals surface area contributed by atoms with Gasteiger partial charge in [0, 0.05) is 32.9 Å². The van der Waals surface area contributed by atoms with Crippen molar-refractivity contribution in [3.8, 4) is 0 Å². The Balaban J connectivity index is 1.82. The fourth-order valence-electron chi connectivity index (χ4n) is 2.78. The van der Waals surface area contributed by atoms with Crippen LogP contribution in [0.15, 0.2) is 24.3 Å². The topological polar surface area (TPSA) is 18.5 Å². The molecule has 1 heterocycles. The van der Waals surface area contributed by atoms with Gasteiger partial charge in [0.25, 0.3) is 0 Å². The highest BCUT2D eigenvalue weighted by Gasteiger charge is 2.14. The van der Waals surface area contributed by atoms with Crippen LogP contribution in [0.25, 0.3) is 0 Å².